The van der Waals surface area contributed by atoms with E-state index in [0.717, 1.165) is 31.3 Å². The molecule has 0 bridgehead atoms. The highest BCUT2D eigenvalue weighted by Gasteiger charge is 2.30. The molecule has 2 rings (SSSR count). The summed E-state index contributed by atoms with van der Waals surface area (Å²) in [5, 5.41) is 4.25. The zero-order chi connectivity index (χ0) is 15.2. The van der Waals surface area contributed by atoms with E-state index < -0.39 is 0 Å². The first-order chi connectivity index (χ1) is 10.1. The third-order valence-corrected chi connectivity index (χ3v) is 3.94. The molecule has 3 nitrogen and oxygen atoms in total. The van der Waals surface area contributed by atoms with E-state index in [1.54, 1.807) is 7.11 Å². The van der Waals surface area contributed by atoms with Gasteiger partial charge in [0, 0.05) is 43.5 Å². The van der Waals surface area contributed by atoms with Gasteiger partial charge in [0.15, 0.2) is 0 Å². The third-order valence-electron chi connectivity index (χ3n) is 3.70. The molecule has 0 atom stereocenters. The lowest BCUT2D eigenvalue weighted by molar-refractivity contribution is 0.199. The fraction of sp³-hybridized carbons (Fsp3) is 0.647. The Morgan fingerprint density at radius 3 is 2.76 bits per heavy atom. The van der Waals surface area contributed by atoms with E-state index in [9.17, 15) is 0 Å². The van der Waals surface area contributed by atoms with Gasteiger partial charge in [-0.3, -0.25) is 0 Å². The van der Waals surface area contributed by atoms with Gasteiger partial charge >= 0.3 is 0 Å². The molecule has 1 N–H and O–H groups in total. The SMILES string of the molecule is COCCNCc1ccc(Cl)cc1N(CC(C)C)C1CC1. The second-order valence-electron chi connectivity index (χ2n) is 6.22. The van der Waals surface area contributed by atoms with E-state index in [1.165, 1.54) is 24.1 Å². The molecule has 1 aromatic rings. The van der Waals surface area contributed by atoms with Gasteiger partial charge in [-0.2, -0.15) is 0 Å². The molecule has 0 amide bonds. The van der Waals surface area contributed by atoms with E-state index >= 15 is 0 Å². The van der Waals surface area contributed by atoms with E-state index in [-0.39, 0.29) is 0 Å². The van der Waals surface area contributed by atoms with Gasteiger partial charge in [0.05, 0.1) is 6.61 Å². The van der Waals surface area contributed by atoms with Crippen LogP contribution in [0.5, 0.6) is 0 Å². The molecule has 1 fully saturated rings. The normalized spacial score (nSPS) is 14.7. The number of nitrogens with one attached hydrogen (secondary N) is 1. The molecule has 1 saturated carbocycles. The summed E-state index contributed by atoms with van der Waals surface area (Å²) in [5.41, 5.74) is 2.62. The monoisotopic (exact) mass is 310 g/mol. The van der Waals surface area contributed by atoms with Gasteiger partial charge < -0.3 is 15.0 Å². The lowest BCUT2D eigenvalue weighted by atomic mass is 10.1. The van der Waals surface area contributed by atoms with Gasteiger partial charge in [-0.15, -0.1) is 0 Å². The third kappa shape index (κ3) is 5.17. The Bertz CT molecular complexity index is 446. The smallest absolute Gasteiger partial charge is 0.0587 e. The molecule has 0 saturated heterocycles. The standard InChI is InChI=1S/C17H27ClN2O/c1-13(2)12-20(16-6-7-16)17-10-15(18)5-4-14(17)11-19-8-9-21-3/h4-5,10,13,16,19H,6-9,11-12H2,1-3H3. The molecule has 1 aromatic carbocycles. The molecule has 21 heavy (non-hydrogen) atoms. The average molecular weight is 311 g/mol. The van der Waals surface area contributed by atoms with Crippen LogP contribution in [-0.2, 0) is 11.3 Å². The van der Waals surface area contributed by atoms with Gasteiger partial charge in [-0.05, 0) is 36.5 Å². The van der Waals surface area contributed by atoms with Crippen LogP contribution in [0.25, 0.3) is 0 Å². The van der Waals surface area contributed by atoms with Crippen LogP contribution in [0, 0.1) is 5.92 Å². The molecule has 0 radical (unpaired) electrons. The van der Waals surface area contributed by atoms with Crippen molar-refractivity contribution in [2.45, 2.75) is 39.3 Å². The van der Waals surface area contributed by atoms with E-state index in [2.05, 4.69) is 36.2 Å². The molecule has 4 heteroatoms. The summed E-state index contributed by atoms with van der Waals surface area (Å²) in [7, 11) is 1.73. The summed E-state index contributed by atoms with van der Waals surface area (Å²) in [4.78, 5) is 2.55. The van der Waals surface area contributed by atoms with Crippen molar-refractivity contribution in [1.82, 2.24) is 5.32 Å². The number of methoxy groups -OCH3 is 1. The zero-order valence-electron chi connectivity index (χ0n) is 13.4. The summed E-state index contributed by atoms with van der Waals surface area (Å²) in [5.74, 6) is 0.652. The highest BCUT2D eigenvalue weighted by Crippen LogP contribution is 2.35. The van der Waals surface area contributed by atoms with E-state index in [4.69, 9.17) is 16.3 Å². The lowest BCUT2D eigenvalue weighted by Gasteiger charge is -2.29. The van der Waals surface area contributed by atoms with Gasteiger partial charge in [0.2, 0.25) is 0 Å². The zero-order valence-corrected chi connectivity index (χ0v) is 14.1. The maximum atomic E-state index is 6.24. The number of hydrogen-bond acceptors (Lipinski definition) is 3. The summed E-state index contributed by atoms with van der Waals surface area (Å²) < 4.78 is 5.08. The summed E-state index contributed by atoms with van der Waals surface area (Å²) >= 11 is 6.24. The van der Waals surface area contributed by atoms with Crippen LogP contribution in [-0.4, -0.2) is 32.8 Å². The summed E-state index contributed by atoms with van der Waals surface area (Å²) in [6.07, 6.45) is 2.60. The topological polar surface area (TPSA) is 24.5 Å². The number of ether oxygens (including phenoxy) is 1. The van der Waals surface area contributed by atoms with Crippen molar-refractivity contribution in [2.24, 2.45) is 5.92 Å². The minimum Gasteiger partial charge on any atom is -0.383 e. The Balaban J connectivity index is 2.12. The molecule has 0 spiro atoms. The highest BCUT2D eigenvalue weighted by atomic mass is 35.5. The predicted octanol–water partition coefficient (Wildman–Crippen LogP) is 3.70. The van der Waals surface area contributed by atoms with Gasteiger partial charge in [0.25, 0.3) is 0 Å². The van der Waals surface area contributed by atoms with Gasteiger partial charge in [-0.1, -0.05) is 31.5 Å². The minimum absolute atomic E-state index is 0.652. The number of anilines is 1. The Labute approximate surface area is 133 Å². The Morgan fingerprint density at radius 1 is 1.38 bits per heavy atom. The maximum absolute atomic E-state index is 6.24. The van der Waals surface area contributed by atoms with Crippen LogP contribution < -0.4 is 10.2 Å². The van der Waals surface area contributed by atoms with Crippen LogP contribution in [0.15, 0.2) is 18.2 Å². The molecule has 118 valence electrons. The first kappa shape index (κ1) is 16.6. The molecule has 0 aromatic heterocycles. The number of halogens is 1. The molecule has 1 aliphatic rings. The molecule has 1 aliphatic carbocycles. The quantitative estimate of drug-likeness (QED) is 0.704. The van der Waals surface area contributed by atoms with Crippen molar-refractivity contribution in [3.8, 4) is 0 Å². The minimum atomic E-state index is 0.652. The number of rotatable bonds is 9. The number of nitrogens with zero attached hydrogens (tertiary/aromatic N) is 1. The van der Waals surface area contributed by atoms with Crippen LogP contribution in [0.3, 0.4) is 0 Å². The fourth-order valence-corrected chi connectivity index (χ4v) is 2.74. The average Bonchev–Trinajstić information content (AvgIpc) is 3.26. The summed E-state index contributed by atoms with van der Waals surface area (Å²) in [6, 6.07) is 6.95. The highest BCUT2D eigenvalue weighted by molar-refractivity contribution is 6.30. The largest absolute Gasteiger partial charge is 0.383 e. The van der Waals surface area contributed by atoms with Crippen LogP contribution >= 0.6 is 11.6 Å². The van der Waals surface area contributed by atoms with Crippen molar-refractivity contribution >= 4 is 17.3 Å². The van der Waals surface area contributed by atoms with Crippen molar-refractivity contribution in [3.63, 3.8) is 0 Å². The van der Waals surface area contributed by atoms with Crippen LogP contribution in [0.4, 0.5) is 5.69 Å². The fourth-order valence-electron chi connectivity index (χ4n) is 2.57. The first-order valence-electron chi connectivity index (χ1n) is 7.86. The lowest BCUT2D eigenvalue weighted by Crippen LogP contribution is -2.31. The van der Waals surface area contributed by atoms with Gasteiger partial charge in [0.1, 0.15) is 0 Å². The molecule has 0 aliphatic heterocycles. The van der Waals surface area contributed by atoms with Crippen LogP contribution in [0.2, 0.25) is 5.02 Å². The molecular weight excluding hydrogens is 284 g/mol. The molecule has 0 heterocycles. The Morgan fingerprint density at radius 2 is 2.14 bits per heavy atom. The first-order valence-corrected chi connectivity index (χ1v) is 8.24. The Kier molecular flexibility index (Phi) is 6.34. The second kappa shape index (κ2) is 8.02. The number of hydrogen-bond donors (Lipinski definition) is 1. The van der Waals surface area contributed by atoms with Crippen molar-refractivity contribution in [1.29, 1.82) is 0 Å². The van der Waals surface area contributed by atoms with Crippen molar-refractivity contribution < 1.29 is 4.74 Å². The second-order valence-corrected chi connectivity index (χ2v) is 6.66. The Hall–Kier alpha value is -0.770. The molecule has 0 unspecified atom stereocenters. The summed E-state index contributed by atoms with van der Waals surface area (Å²) in [6.45, 7) is 8.10. The predicted molar refractivity (Wildman–Crippen MR) is 90.2 cm³/mol. The van der Waals surface area contributed by atoms with Crippen LogP contribution in [0.1, 0.15) is 32.3 Å². The van der Waals surface area contributed by atoms with E-state index in [0.29, 0.717) is 12.0 Å². The van der Waals surface area contributed by atoms with Gasteiger partial charge in [-0.25, -0.2) is 0 Å². The van der Waals surface area contributed by atoms with Crippen molar-refractivity contribution in [3.05, 3.63) is 28.8 Å². The number of benzene rings is 1. The maximum Gasteiger partial charge on any atom is 0.0587 e. The van der Waals surface area contributed by atoms with Crippen molar-refractivity contribution in [2.75, 3.05) is 31.7 Å². The molecular formula is C17H27ClN2O. The van der Waals surface area contributed by atoms with E-state index in [1.807, 2.05) is 6.07 Å².